The summed E-state index contributed by atoms with van der Waals surface area (Å²) < 4.78 is 22.3. The summed E-state index contributed by atoms with van der Waals surface area (Å²) in [6.45, 7) is 11.1. The summed E-state index contributed by atoms with van der Waals surface area (Å²) in [5.41, 5.74) is 0. The Bertz CT molecular complexity index is 176. The van der Waals surface area contributed by atoms with Crippen molar-refractivity contribution in [1.29, 1.82) is 0 Å². The monoisotopic (exact) mass is 336 g/mol. The molecule has 0 fully saturated rings. The zero-order valence-corrected chi connectivity index (χ0v) is 17.4. The topological polar surface area (TPSA) is 36.9 Å². The van der Waals surface area contributed by atoms with Gasteiger partial charge in [0, 0.05) is 45.5 Å². The molecule has 0 rings (SSSR count). The Kier molecular flexibility index (Phi) is 16.9. The molecule has 0 heterocycles. The van der Waals surface area contributed by atoms with Crippen molar-refractivity contribution in [3.05, 3.63) is 0 Å². The number of ether oxygens (including phenoxy) is 4. The molecule has 0 radical (unpaired) electrons. The van der Waals surface area contributed by atoms with Gasteiger partial charge in [-0.15, -0.1) is 0 Å². The van der Waals surface area contributed by atoms with Crippen LogP contribution in [-0.4, -0.2) is 58.0 Å². The molecular formula is C15H36O4Si2. The van der Waals surface area contributed by atoms with E-state index in [1.54, 1.807) is 0 Å². The van der Waals surface area contributed by atoms with Crippen molar-refractivity contribution >= 4 is 19.0 Å². The quantitative estimate of drug-likeness (QED) is 0.246. The number of rotatable bonds is 16. The van der Waals surface area contributed by atoms with Gasteiger partial charge in [-0.1, -0.05) is 18.5 Å². The smallest absolute Gasteiger partial charge is 0.154 e. The van der Waals surface area contributed by atoms with E-state index in [4.69, 9.17) is 18.9 Å². The van der Waals surface area contributed by atoms with Gasteiger partial charge in [0.2, 0.25) is 0 Å². The predicted octanol–water partition coefficient (Wildman–Crippen LogP) is 2.19. The maximum absolute atomic E-state index is 5.58. The Morgan fingerprint density at radius 3 is 1.24 bits per heavy atom. The molecule has 21 heavy (non-hydrogen) atoms. The average molecular weight is 337 g/mol. The Balaban J connectivity index is 3.48. The lowest BCUT2D eigenvalue weighted by Crippen LogP contribution is -2.19. The molecular weight excluding hydrogens is 300 g/mol. The molecule has 0 aliphatic heterocycles. The SMILES string of the molecule is CCOC(C[SiH2]CCC[SiH2]CC(OCC)OCC)OCC. The zero-order valence-electron chi connectivity index (χ0n) is 14.6. The standard InChI is InChI=1S/C15H36O4Si2/c1-5-16-14(17-6-2)12-20-10-9-11-21-13-15(18-7-3)19-8-4/h14-15H,5-13,20-21H2,1-4H3. The third-order valence-electron chi connectivity index (χ3n) is 3.29. The highest BCUT2D eigenvalue weighted by Crippen LogP contribution is 2.08. The summed E-state index contributed by atoms with van der Waals surface area (Å²) in [5.74, 6) is 0. The Labute approximate surface area is 135 Å². The van der Waals surface area contributed by atoms with Crippen LogP contribution in [0.15, 0.2) is 0 Å². The Morgan fingerprint density at radius 2 is 0.952 bits per heavy atom. The number of hydrogen-bond acceptors (Lipinski definition) is 4. The largest absolute Gasteiger partial charge is 0.353 e. The van der Waals surface area contributed by atoms with Crippen molar-refractivity contribution in [2.24, 2.45) is 0 Å². The molecule has 128 valence electrons. The van der Waals surface area contributed by atoms with Crippen molar-refractivity contribution in [3.63, 3.8) is 0 Å². The summed E-state index contributed by atoms with van der Waals surface area (Å²) in [7, 11) is -0.0672. The lowest BCUT2D eigenvalue weighted by Gasteiger charge is -2.17. The molecule has 0 amide bonds. The summed E-state index contributed by atoms with van der Waals surface area (Å²) in [6.07, 6.45) is 1.50. The average Bonchev–Trinajstić information content (AvgIpc) is 2.47. The second-order valence-corrected chi connectivity index (χ2v) is 9.01. The van der Waals surface area contributed by atoms with Gasteiger partial charge in [-0.2, -0.15) is 0 Å². The summed E-state index contributed by atoms with van der Waals surface area (Å²) in [5, 5.41) is 0. The van der Waals surface area contributed by atoms with Crippen molar-refractivity contribution < 1.29 is 18.9 Å². The lowest BCUT2D eigenvalue weighted by molar-refractivity contribution is -0.123. The highest BCUT2D eigenvalue weighted by atomic mass is 28.2. The van der Waals surface area contributed by atoms with Crippen molar-refractivity contribution in [1.82, 2.24) is 0 Å². The van der Waals surface area contributed by atoms with E-state index in [1.165, 1.54) is 18.5 Å². The first-order valence-electron chi connectivity index (χ1n) is 8.74. The first kappa shape index (κ1) is 21.3. The molecule has 0 N–H and O–H groups in total. The molecule has 0 unspecified atom stereocenters. The van der Waals surface area contributed by atoms with Gasteiger partial charge in [-0.05, 0) is 39.8 Å². The van der Waals surface area contributed by atoms with Gasteiger partial charge < -0.3 is 18.9 Å². The molecule has 4 nitrogen and oxygen atoms in total. The van der Waals surface area contributed by atoms with Crippen LogP contribution >= 0.6 is 0 Å². The van der Waals surface area contributed by atoms with Crippen LogP contribution in [0.3, 0.4) is 0 Å². The Morgan fingerprint density at radius 1 is 0.619 bits per heavy atom. The van der Waals surface area contributed by atoms with Crippen molar-refractivity contribution in [2.75, 3.05) is 26.4 Å². The molecule has 0 bridgehead atoms. The molecule has 6 heteroatoms. The minimum absolute atomic E-state index is 0.0336. The highest BCUT2D eigenvalue weighted by molar-refractivity contribution is 6.37. The molecule has 0 aliphatic carbocycles. The fourth-order valence-corrected chi connectivity index (χ4v) is 6.36. The van der Waals surface area contributed by atoms with Crippen molar-refractivity contribution in [2.45, 2.75) is 70.9 Å². The minimum atomic E-state index is -0.0336. The van der Waals surface area contributed by atoms with E-state index in [9.17, 15) is 0 Å². The van der Waals surface area contributed by atoms with Crippen LogP contribution in [0.4, 0.5) is 0 Å². The van der Waals surface area contributed by atoms with Crippen LogP contribution in [-0.2, 0) is 18.9 Å². The van der Waals surface area contributed by atoms with E-state index >= 15 is 0 Å². The van der Waals surface area contributed by atoms with E-state index in [1.807, 2.05) is 27.7 Å². The van der Waals surface area contributed by atoms with Crippen LogP contribution in [0.1, 0.15) is 34.1 Å². The fourth-order valence-electron chi connectivity index (χ4n) is 2.33. The summed E-state index contributed by atoms with van der Waals surface area (Å²) in [4.78, 5) is 0. The van der Waals surface area contributed by atoms with E-state index in [0.717, 1.165) is 38.5 Å². The van der Waals surface area contributed by atoms with Gasteiger partial charge >= 0.3 is 0 Å². The van der Waals surface area contributed by atoms with Gasteiger partial charge in [0.25, 0.3) is 0 Å². The molecule has 0 saturated heterocycles. The van der Waals surface area contributed by atoms with Crippen LogP contribution in [0, 0.1) is 0 Å². The van der Waals surface area contributed by atoms with Crippen molar-refractivity contribution in [3.8, 4) is 0 Å². The van der Waals surface area contributed by atoms with Crippen LogP contribution in [0.2, 0.25) is 24.2 Å². The molecule has 0 spiro atoms. The first-order chi connectivity index (χ1) is 10.3. The normalized spacial score (nSPS) is 12.9. The van der Waals surface area contributed by atoms with E-state index in [0.29, 0.717) is 0 Å². The van der Waals surface area contributed by atoms with Crippen LogP contribution < -0.4 is 0 Å². The van der Waals surface area contributed by atoms with E-state index in [2.05, 4.69) is 0 Å². The predicted molar refractivity (Wildman–Crippen MR) is 95.0 cm³/mol. The van der Waals surface area contributed by atoms with Gasteiger partial charge in [0.15, 0.2) is 12.6 Å². The van der Waals surface area contributed by atoms with Gasteiger partial charge in [-0.3, -0.25) is 0 Å². The second kappa shape index (κ2) is 16.6. The second-order valence-electron chi connectivity index (χ2n) is 5.03. The minimum Gasteiger partial charge on any atom is -0.353 e. The molecule has 0 aromatic carbocycles. The highest BCUT2D eigenvalue weighted by Gasteiger charge is 2.09. The van der Waals surface area contributed by atoms with E-state index in [-0.39, 0.29) is 31.6 Å². The third kappa shape index (κ3) is 13.6. The van der Waals surface area contributed by atoms with Crippen LogP contribution in [0.5, 0.6) is 0 Å². The Hall–Kier alpha value is 0.274. The molecule has 0 aliphatic rings. The molecule has 0 atom stereocenters. The van der Waals surface area contributed by atoms with Gasteiger partial charge in [0.05, 0.1) is 0 Å². The molecule has 0 saturated carbocycles. The third-order valence-corrected chi connectivity index (χ3v) is 7.05. The lowest BCUT2D eigenvalue weighted by atomic mass is 10.6. The van der Waals surface area contributed by atoms with Crippen LogP contribution in [0.25, 0.3) is 0 Å². The molecule has 0 aromatic rings. The number of hydrogen-bond donors (Lipinski definition) is 0. The summed E-state index contributed by atoms with van der Waals surface area (Å²) in [6, 6.07) is 5.14. The maximum atomic E-state index is 5.58. The fraction of sp³-hybridized carbons (Fsp3) is 1.00. The van der Waals surface area contributed by atoms with Gasteiger partial charge in [0.1, 0.15) is 0 Å². The summed E-state index contributed by atoms with van der Waals surface area (Å²) >= 11 is 0. The zero-order chi connectivity index (χ0) is 15.8. The van der Waals surface area contributed by atoms with Gasteiger partial charge in [-0.25, -0.2) is 0 Å². The van der Waals surface area contributed by atoms with E-state index < -0.39 is 0 Å². The first-order valence-corrected chi connectivity index (χ1v) is 12.7. The molecule has 0 aromatic heterocycles. The maximum Gasteiger partial charge on any atom is 0.154 e.